The Labute approximate surface area is 301 Å². The van der Waals surface area contributed by atoms with Crippen molar-refractivity contribution in [1.29, 1.82) is 0 Å². The lowest BCUT2D eigenvalue weighted by atomic mass is 9.92. The molecular formula is C50H32N2. The SMILES string of the molecule is c1ccc(-n2c3ccccc3c3cc(-c4ccc5c(c4)c4ccccc4n5-c4ccccc4-c4cc5ccccc5c5ccccc45)ccc32)cc1. The van der Waals surface area contributed by atoms with Crippen LogP contribution in [0.4, 0.5) is 0 Å². The van der Waals surface area contributed by atoms with Crippen LogP contribution in [0.1, 0.15) is 0 Å². The summed E-state index contributed by atoms with van der Waals surface area (Å²) in [6.45, 7) is 0. The van der Waals surface area contributed by atoms with Gasteiger partial charge >= 0.3 is 0 Å². The maximum atomic E-state index is 2.46. The third-order valence-corrected chi connectivity index (χ3v) is 10.9. The van der Waals surface area contributed by atoms with E-state index in [1.165, 1.54) is 98.8 Å². The molecule has 0 saturated carbocycles. The Balaban J connectivity index is 1.12. The minimum Gasteiger partial charge on any atom is -0.309 e. The average Bonchev–Trinajstić information content (AvgIpc) is 3.73. The fraction of sp³-hybridized carbons (Fsp3) is 0. The topological polar surface area (TPSA) is 9.86 Å². The van der Waals surface area contributed by atoms with E-state index in [9.17, 15) is 0 Å². The summed E-state index contributed by atoms with van der Waals surface area (Å²) in [6, 6.07) is 71.0. The van der Waals surface area contributed by atoms with Gasteiger partial charge in [0.1, 0.15) is 0 Å². The van der Waals surface area contributed by atoms with Crippen LogP contribution >= 0.6 is 0 Å². The van der Waals surface area contributed by atoms with Gasteiger partial charge in [-0.25, -0.2) is 0 Å². The van der Waals surface area contributed by atoms with Crippen LogP contribution in [0.25, 0.3) is 98.8 Å². The fourth-order valence-corrected chi connectivity index (χ4v) is 8.59. The van der Waals surface area contributed by atoms with Gasteiger partial charge < -0.3 is 9.13 Å². The van der Waals surface area contributed by atoms with Crippen LogP contribution in [-0.2, 0) is 0 Å². The smallest absolute Gasteiger partial charge is 0.0541 e. The summed E-state index contributed by atoms with van der Waals surface area (Å²) in [4.78, 5) is 0. The summed E-state index contributed by atoms with van der Waals surface area (Å²) in [5, 5.41) is 10.1. The van der Waals surface area contributed by atoms with Gasteiger partial charge in [0.2, 0.25) is 0 Å². The van der Waals surface area contributed by atoms with Gasteiger partial charge in [0.05, 0.1) is 27.8 Å². The number of para-hydroxylation sites is 4. The standard InChI is InChI=1S/C50H32N2/c1-2-15-36(16-3-1)51-46-23-11-9-21-41(46)44-30-33(26-28-49(44)51)34-27-29-50-45(31-34)42-22-10-13-25-48(42)52(50)47-24-12-8-20-40(47)43-32-35-14-4-5-17-37(35)38-18-6-7-19-39(38)43/h1-32H. The molecule has 11 rings (SSSR count). The lowest BCUT2D eigenvalue weighted by molar-refractivity contribution is 1.18. The van der Waals surface area contributed by atoms with Gasteiger partial charge in [0.25, 0.3) is 0 Å². The summed E-state index contributed by atoms with van der Waals surface area (Å²) in [6.07, 6.45) is 0. The number of benzene rings is 9. The Bertz CT molecular complexity index is 3180. The van der Waals surface area contributed by atoms with Crippen molar-refractivity contribution in [3.05, 3.63) is 194 Å². The van der Waals surface area contributed by atoms with Gasteiger partial charge in [-0.15, -0.1) is 0 Å². The average molecular weight is 661 g/mol. The predicted octanol–water partition coefficient (Wildman–Crippen LogP) is 13.5. The molecule has 9 aromatic carbocycles. The van der Waals surface area contributed by atoms with Crippen LogP contribution in [0.2, 0.25) is 0 Å². The fourth-order valence-electron chi connectivity index (χ4n) is 8.59. The molecule has 242 valence electrons. The third-order valence-electron chi connectivity index (χ3n) is 10.9. The van der Waals surface area contributed by atoms with E-state index in [-0.39, 0.29) is 0 Å². The summed E-state index contributed by atoms with van der Waals surface area (Å²) >= 11 is 0. The monoisotopic (exact) mass is 660 g/mol. The third kappa shape index (κ3) is 4.25. The quantitative estimate of drug-likeness (QED) is 0.166. The second-order valence-electron chi connectivity index (χ2n) is 13.7. The number of nitrogens with zero attached hydrogens (tertiary/aromatic N) is 2. The number of fused-ring (bicyclic) bond motifs is 9. The zero-order valence-electron chi connectivity index (χ0n) is 28.4. The molecule has 0 aliphatic rings. The van der Waals surface area contributed by atoms with Gasteiger partial charge in [0, 0.05) is 32.8 Å². The van der Waals surface area contributed by atoms with Crippen molar-refractivity contribution < 1.29 is 0 Å². The Morgan fingerprint density at radius 1 is 0.269 bits per heavy atom. The summed E-state index contributed by atoms with van der Waals surface area (Å²) in [5.41, 5.74) is 12.1. The Kier molecular flexibility index (Phi) is 6.28. The number of rotatable bonds is 4. The first-order valence-electron chi connectivity index (χ1n) is 17.9. The van der Waals surface area contributed by atoms with Crippen LogP contribution in [0, 0.1) is 0 Å². The first-order valence-corrected chi connectivity index (χ1v) is 17.9. The first-order chi connectivity index (χ1) is 25.8. The van der Waals surface area contributed by atoms with Crippen LogP contribution in [-0.4, -0.2) is 9.13 Å². The van der Waals surface area contributed by atoms with E-state index in [2.05, 4.69) is 203 Å². The van der Waals surface area contributed by atoms with Crippen molar-refractivity contribution >= 4 is 65.2 Å². The molecule has 2 nitrogen and oxygen atoms in total. The molecule has 0 saturated heterocycles. The van der Waals surface area contributed by atoms with E-state index < -0.39 is 0 Å². The van der Waals surface area contributed by atoms with E-state index >= 15 is 0 Å². The lowest BCUT2D eigenvalue weighted by Gasteiger charge is -2.17. The highest BCUT2D eigenvalue weighted by atomic mass is 15.0. The Morgan fingerprint density at radius 2 is 0.769 bits per heavy atom. The van der Waals surface area contributed by atoms with Gasteiger partial charge in [-0.1, -0.05) is 133 Å². The molecule has 0 bridgehead atoms. The number of hydrogen-bond donors (Lipinski definition) is 0. The van der Waals surface area contributed by atoms with Gasteiger partial charge in [-0.2, -0.15) is 0 Å². The summed E-state index contributed by atoms with van der Waals surface area (Å²) in [5.74, 6) is 0. The minimum absolute atomic E-state index is 1.17. The van der Waals surface area contributed by atoms with Crippen molar-refractivity contribution in [2.45, 2.75) is 0 Å². The molecule has 0 aliphatic heterocycles. The molecule has 0 fully saturated rings. The van der Waals surface area contributed by atoms with Crippen molar-refractivity contribution in [3.8, 4) is 33.6 Å². The normalized spacial score (nSPS) is 11.8. The van der Waals surface area contributed by atoms with Crippen LogP contribution in [0.3, 0.4) is 0 Å². The largest absolute Gasteiger partial charge is 0.309 e. The van der Waals surface area contributed by atoms with E-state index in [1.807, 2.05) is 0 Å². The second kappa shape index (κ2) is 11.3. The van der Waals surface area contributed by atoms with Crippen LogP contribution in [0.15, 0.2) is 194 Å². The maximum absolute atomic E-state index is 2.46. The molecule has 0 atom stereocenters. The summed E-state index contributed by atoms with van der Waals surface area (Å²) in [7, 11) is 0. The molecule has 0 spiro atoms. The molecule has 0 amide bonds. The van der Waals surface area contributed by atoms with Crippen molar-refractivity contribution in [1.82, 2.24) is 9.13 Å². The molecule has 0 N–H and O–H groups in total. The van der Waals surface area contributed by atoms with E-state index in [0.29, 0.717) is 0 Å². The summed E-state index contributed by atoms with van der Waals surface area (Å²) < 4.78 is 4.84. The molecule has 2 heteroatoms. The zero-order chi connectivity index (χ0) is 34.2. The second-order valence-corrected chi connectivity index (χ2v) is 13.7. The lowest BCUT2D eigenvalue weighted by Crippen LogP contribution is -1.97. The van der Waals surface area contributed by atoms with E-state index in [1.54, 1.807) is 0 Å². The van der Waals surface area contributed by atoms with Crippen LogP contribution < -0.4 is 0 Å². The Morgan fingerprint density at radius 3 is 1.48 bits per heavy atom. The van der Waals surface area contributed by atoms with E-state index in [0.717, 1.165) is 0 Å². The van der Waals surface area contributed by atoms with Crippen molar-refractivity contribution in [3.63, 3.8) is 0 Å². The minimum atomic E-state index is 1.17. The highest BCUT2D eigenvalue weighted by Gasteiger charge is 2.19. The molecule has 0 aliphatic carbocycles. The first kappa shape index (κ1) is 28.9. The highest BCUT2D eigenvalue weighted by Crippen LogP contribution is 2.42. The maximum Gasteiger partial charge on any atom is 0.0541 e. The highest BCUT2D eigenvalue weighted by molar-refractivity contribution is 6.16. The Hall–Kier alpha value is -6.90. The van der Waals surface area contributed by atoms with Gasteiger partial charge in [-0.3, -0.25) is 0 Å². The molecule has 2 heterocycles. The molecule has 52 heavy (non-hydrogen) atoms. The number of hydrogen-bond acceptors (Lipinski definition) is 0. The van der Waals surface area contributed by atoms with Crippen LogP contribution in [0.5, 0.6) is 0 Å². The van der Waals surface area contributed by atoms with Gasteiger partial charge in [-0.05, 0) is 98.9 Å². The molecular weight excluding hydrogens is 629 g/mol. The molecule has 0 radical (unpaired) electrons. The molecule has 0 unspecified atom stereocenters. The van der Waals surface area contributed by atoms with Crippen molar-refractivity contribution in [2.75, 3.05) is 0 Å². The number of aromatic nitrogens is 2. The van der Waals surface area contributed by atoms with Gasteiger partial charge in [0.15, 0.2) is 0 Å². The predicted molar refractivity (Wildman–Crippen MR) is 221 cm³/mol. The zero-order valence-corrected chi connectivity index (χ0v) is 28.4. The molecule has 2 aromatic heterocycles. The molecule has 11 aromatic rings. The van der Waals surface area contributed by atoms with E-state index in [4.69, 9.17) is 0 Å². The van der Waals surface area contributed by atoms with Crippen molar-refractivity contribution in [2.24, 2.45) is 0 Å².